The van der Waals surface area contributed by atoms with E-state index in [9.17, 15) is 63.6 Å². The first-order valence-electron chi connectivity index (χ1n) is 23.9. The third-order valence-electron chi connectivity index (χ3n) is 13.6. The molecule has 0 aromatic heterocycles. The van der Waals surface area contributed by atoms with Gasteiger partial charge in [-0.15, -0.1) is 0 Å². The average Bonchev–Trinajstić information content (AvgIpc) is 3.48. The highest BCUT2D eigenvalue weighted by Crippen LogP contribution is 2.39. The van der Waals surface area contributed by atoms with Crippen molar-refractivity contribution in [2.24, 2.45) is 0 Å². The van der Waals surface area contributed by atoms with Gasteiger partial charge in [0.05, 0.1) is 50.4 Å². The first-order chi connectivity index (χ1) is 39.0. The average molecular weight is 1180 g/mol. The summed E-state index contributed by atoms with van der Waals surface area (Å²) in [4.78, 5) is 98.5. The molecular formula is C57H40N6O17S3. The first kappa shape index (κ1) is 57.3. The second-order valence-electron chi connectivity index (χ2n) is 18.5. The van der Waals surface area contributed by atoms with E-state index in [0.29, 0.717) is 27.9 Å². The second kappa shape index (κ2) is 21.0. The van der Waals surface area contributed by atoms with Gasteiger partial charge in [0.2, 0.25) is 0 Å². The van der Waals surface area contributed by atoms with Gasteiger partial charge in [0.15, 0.2) is 46.3 Å². The van der Waals surface area contributed by atoms with Crippen LogP contribution in [-0.2, 0) is 30.5 Å². The number of nitrogen functional groups attached to an aromatic ring is 5. The standard InChI is InChI=1S/C15H11NO2.2C14H10N2O5S.C14H9NO5S/c1-8-4-2-5-9-12(8)14(17)10-6-3-7-11(16)13(10)15(9)18;15-9-5-1-3-7-11(9)13(17)8-4-2-6-10(12(8)14(7)18)16-22(19,20)21;15-8-3-1-2-6-10(8)13(17)7-4-5-9(22(19,20)21)12(16)11(7)14(6)18;15-12-10(21(18,19)20)6-5-9-11(12)14(17)8-4-2-1-3-7(8)13(9)16/h2-7H,16H2,1H3;1-6,16H,15H2,(H,19,20,21);1-5H,15-16H2,(H,19,20,21);1-6H,15H2,(H,18,19,20). The number of hydrogen-bond donors (Lipinski definition) is 9. The van der Waals surface area contributed by atoms with Crippen molar-refractivity contribution < 1.29 is 77.3 Å². The van der Waals surface area contributed by atoms with Gasteiger partial charge < -0.3 is 28.7 Å². The maximum atomic E-state index is 12.6. The Bertz CT molecular complexity index is 4630. The monoisotopic (exact) mass is 1180 g/mol. The zero-order valence-corrected chi connectivity index (χ0v) is 44.9. The molecule has 8 aromatic rings. The maximum Gasteiger partial charge on any atom is 0.357 e. The van der Waals surface area contributed by atoms with E-state index in [0.717, 1.165) is 23.8 Å². The summed E-state index contributed by atoms with van der Waals surface area (Å²) in [5.41, 5.74) is 31.1. The predicted octanol–water partition coefficient (Wildman–Crippen LogP) is 5.78. The Hall–Kier alpha value is -10.4. The lowest BCUT2D eigenvalue weighted by Crippen LogP contribution is -2.24. The van der Waals surface area contributed by atoms with Crippen molar-refractivity contribution in [2.45, 2.75) is 16.7 Å². The van der Waals surface area contributed by atoms with Gasteiger partial charge >= 0.3 is 10.3 Å². The molecule has 0 spiro atoms. The molecule has 0 atom stereocenters. The summed E-state index contributed by atoms with van der Waals surface area (Å²) >= 11 is 0. The van der Waals surface area contributed by atoms with Gasteiger partial charge in [-0.05, 0) is 61.0 Å². The van der Waals surface area contributed by atoms with E-state index in [4.69, 9.17) is 42.3 Å². The molecule has 0 bridgehead atoms. The Balaban J connectivity index is 0.000000133. The minimum Gasteiger partial charge on any atom is -0.398 e. The van der Waals surface area contributed by atoms with Gasteiger partial charge in [-0.1, -0.05) is 91.0 Å². The number of hydrogen-bond acceptors (Lipinski definition) is 19. The minimum atomic E-state index is -4.61. The number of fused-ring (bicyclic) bond motifs is 8. The molecule has 0 unspecified atom stereocenters. The minimum absolute atomic E-state index is 0.0311. The third-order valence-corrected chi connectivity index (χ3v) is 15.9. The smallest absolute Gasteiger partial charge is 0.357 e. The molecule has 4 aliphatic carbocycles. The van der Waals surface area contributed by atoms with Crippen molar-refractivity contribution >= 4 is 111 Å². The number of benzene rings is 8. The summed E-state index contributed by atoms with van der Waals surface area (Å²) in [6, 6.07) is 33.8. The highest BCUT2D eigenvalue weighted by atomic mass is 32.2. The van der Waals surface area contributed by atoms with Crippen LogP contribution in [0, 0.1) is 6.92 Å². The quantitative estimate of drug-likeness (QED) is 0.0745. The van der Waals surface area contributed by atoms with Crippen molar-refractivity contribution in [1.29, 1.82) is 0 Å². The van der Waals surface area contributed by atoms with E-state index in [1.807, 2.05) is 17.7 Å². The number of carbonyl (C=O) groups excluding carboxylic acids is 8. The van der Waals surface area contributed by atoms with Crippen molar-refractivity contribution in [2.75, 3.05) is 33.4 Å². The van der Waals surface area contributed by atoms with Gasteiger partial charge in [0, 0.05) is 72.7 Å². The van der Waals surface area contributed by atoms with Crippen LogP contribution in [-0.4, -0.2) is 85.2 Å². The summed E-state index contributed by atoms with van der Waals surface area (Å²) in [7, 11) is -13.8. The van der Waals surface area contributed by atoms with Crippen molar-refractivity contribution in [3.63, 3.8) is 0 Å². The zero-order chi connectivity index (χ0) is 60.5. The fourth-order valence-corrected chi connectivity index (χ4v) is 11.6. The number of rotatable bonds is 4. The summed E-state index contributed by atoms with van der Waals surface area (Å²) in [5, 5.41) is 0. The first-order valence-corrected chi connectivity index (χ1v) is 28.2. The van der Waals surface area contributed by atoms with E-state index in [2.05, 4.69) is 0 Å². The molecule has 0 radical (unpaired) electrons. The number of carbonyl (C=O) groups is 8. The molecule has 418 valence electrons. The largest absolute Gasteiger partial charge is 0.398 e. The Labute approximate surface area is 470 Å². The number of ketones is 8. The molecule has 12 rings (SSSR count). The van der Waals surface area contributed by atoms with Crippen LogP contribution in [0.3, 0.4) is 0 Å². The van der Waals surface area contributed by atoms with E-state index in [-0.39, 0.29) is 95.4 Å². The third kappa shape index (κ3) is 10.1. The molecular weight excluding hydrogens is 1140 g/mol. The lowest BCUT2D eigenvalue weighted by Gasteiger charge is -2.21. The molecule has 83 heavy (non-hydrogen) atoms. The predicted molar refractivity (Wildman–Crippen MR) is 301 cm³/mol. The topological polar surface area (TPSA) is 442 Å². The highest BCUT2D eigenvalue weighted by molar-refractivity contribution is 7.87. The molecule has 0 saturated carbocycles. The van der Waals surface area contributed by atoms with Crippen molar-refractivity contribution in [1.82, 2.24) is 0 Å². The van der Waals surface area contributed by atoms with Gasteiger partial charge in [0.25, 0.3) is 20.2 Å². The van der Waals surface area contributed by atoms with Crippen LogP contribution in [0.4, 0.5) is 34.1 Å². The molecule has 0 saturated heterocycles. The van der Waals surface area contributed by atoms with Crippen LogP contribution in [0.5, 0.6) is 0 Å². The summed E-state index contributed by atoms with van der Waals surface area (Å²) in [6.45, 7) is 1.83. The Morgan fingerprint density at radius 2 is 0.602 bits per heavy atom. The highest BCUT2D eigenvalue weighted by Gasteiger charge is 2.38. The molecule has 14 N–H and O–H groups in total. The van der Waals surface area contributed by atoms with Crippen LogP contribution < -0.4 is 33.4 Å². The van der Waals surface area contributed by atoms with E-state index < -0.39 is 86.4 Å². The maximum absolute atomic E-state index is 12.6. The normalized spacial score (nSPS) is 13.5. The lowest BCUT2D eigenvalue weighted by atomic mass is 9.81. The fourth-order valence-electron chi connectivity index (χ4n) is 9.89. The summed E-state index contributed by atoms with van der Waals surface area (Å²) in [5.74, 6) is -3.37. The van der Waals surface area contributed by atoms with Crippen LogP contribution in [0.1, 0.15) is 133 Å². The molecule has 4 aliphatic rings. The summed E-state index contributed by atoms with van der Waals surface area (Å²) < 4.78 is 96.1. The Morgan fingerprint density at radius 1 is 0.313 bits per heavy atom. The van der Waals surface area contributed by atoms with Crippen LogP contribution in [0.25, 0.3) is 0 Å². The van der Waals surface area contributed by atoms with Crippen LogP contribution >= 0.6 is 0 Å². The Morgan fingerprint density at radius 3 is 1.01 bits per heavy atom. The van der Waals surface area contributed by atoms with Gasteiger partial charge in [-0.3, -0.25) is 56.7 Å². The number of nitrogens with one attached hydrogen (secondary N) is 1. The number of anilines is 6. The van der Waals surface area contributed by atoms with E-state index in [1.54, 1.807) is 42.5 Å². The Kier molecular flexibility index (Phi) is 14.5. The zero-order valence-electron chi connectivity index (χ0n) is 42.4. The van der Waals surface area contributed by atoms with E-state index in [1.165, 1.54) is 72.8 Å². The SMILES string of the molecule is Cc1cccc2c1C(=O)c1cccc(N)c1C2=O.Nc1c(S(=O)(=O)O)ccc2c1C(=O)c1ccccc1C2=O.Nc1cccc2c1C(=O)c1ccc(S(=O)(=O)O)c(N)c1C2=O.Nc1cccc2c1C(=O)c1cccc(NS(=O)(=O)O)c1C2=O. The van der Waals surface area contributed by atoms with Gasteiger partial charge in [0.1, 0.15) is 9.79 Å². The van der Waals surface area contributed by atoms with E-state index >= 15 is 0 Å². The fraction of sp³-hybridized carbons (Fsp3) is 0.0175. The van der Waals surface area contributed by atoms with Crippen LogP contribution in [0.2, 0.25) is 0 Å². The molecule has 0 fully saturated rings. The van der Waals surface area contributed by atoms with Crippen LogP contribution in [0.15, 0.2) is 149 Å². The number of nitrogens with two attached hydrogens (primary N) is 5. The molecule has 26 heteroatoms. The lowest BCUT2D eigenvalue weighted by molar-refractivity contribution is 0.0979. The second-order valence-corrected chi connectivity index (χ2v) is 22.5. The molecule has 0 heterocycles. The van der Waals surface area contributed by atoms with Crippen molar-refractivity contribution in [3.8, 4) is 0 Å². The van der Waals surface area contributed by atoms with Gasteiger partial charge in [-0.2, -0.15) is 25.3 Å². The molecule has 0 aliphatic heterocycles. The van der Waals surface area contributed by atoms with Crippen molar-refractivity contribution in [3.05, 3.63) is 234 Å². The molecule has 8 aromatic carbocycles. The molecule has 0 amide bonds. The number of aryl methyl sites for hydroxylation is 1. The van der Waals surface area contributed by atoms with Gasteiger partial charge in [-0.25, -0.2) is 0 Å². The molecule has 23 nitrogen and oxygen atoms in total. The summed E-state index contributed by atoms with van der Waals surface area (Å²) in [6.07, 6.45) is 0.